The Bertz CT molecular complexity index is 1100. The standard InChI is InChI=1S/C21H15N3O2S/c25-24(26)19-9-5-15(6-10-19)14-27-21-12-11-20(22-23-21)18-8-7-16-3-1-2-4-17(16)13-18/h1-13H,14H2. The van der Waals surface area contributed by atoms with Crippen LogP contribution >= 0.6 is 11.8 Å². The maximum atomic E-state index is 10.7. The second kappa shape index (κ2) is 7.55. The molecule has 0 saturated heterocycles. The van der Waals surface area contributed by atoms with Crippen molar-refractivity contribution >= 4 is 28.2 Å². The number of nitrogens with zero attached hydrogens (tertiary/aromatic N) is 3. The van der Waals surface area contributed by atoms with Crippen molar-refractivity contribution in [1.29, 1.82) is 0 Å². The first kappa shape index (κ1) is 17.2. The summed E-state index contributed by atoms with van der Waals surface area (Å²) in [6.07, 6.45) is 0. The van der Waals surface area contributed by atoms with Crippen LogP contribution in [0.3, 0.4) is 0 Å². The highest BCUT2D eigenvalue weighted by Crippen LogP contribution is 2.25. The van der Waals surface area contributed by atoms with Gasteiger partial charge in [-0.05, 0) is 34.5 Å². The van der Waals surface area contributed by atoms with Crippen LogP contribution in [0.2, 0.25) is 0 Å². The average Bonchev–Trinajstić information content (AvgIpc) is 2.72. The SMILES string of the molecule is O=[N+]([O-])c1ccc(CSc2ccc(-c3ccc4ccccc4c3)nn2)cc1. The Kier molecular flexibility index (Phi) is 4.80. The highest BCUT2D eigenvalue weighted by atomic mass is 32.2. The van der Waals surface area contributed by atoms with Gasteiger partial charge in [0.2, 0.25) is 0 Å². The van der Waals surface area contributed by atoms with Gasteiger partial charge in [0.05, 0.1) is 10.6 Å². The second-order valence-corrected chi connectivity index (χ2v) is 7.03. The lowest BCUT2D eigenvalue weighted by atomic mass is 10.1. The molecule has 0 saturated carbocycles. The molecular formula is C21H15N3O2S. The zero-order valence-corrected chi connectivity index (χ0v) is 15.1. The van der Waals surface area contributed by atoms with Gasteiger partial charge in [0.25, 0.3) is 5.69 Å². The fraction of sp³-hybridized carbons (Fsp3) is 0.0476. The van der Waals surface area contributed by atoms with E-state index in [1.165, 1.54) is 22.9 Å². The van der Waals surface area contributed by atoms with Gasteiger partial charge in [-0.3, -0.25) is 10.1 Å². The summed E-state index contributed by atoms with van der Waals surface area (Å²) >= 11 is 1.55. The lowest BCUT2D eigenvalue weighted by molar-refractivity contribution is -0.384. The third-order valence-electron chi connectivity index (χ3n) is 4.22. The maximum absolute atomic E-state index is 10.7. The molecule has 0 radical (unpaired) electrons. The molecule has 1 heterocycles. The predicted octanol–water partition coefficient (Wildman–Crippen LogP) is 5.50. The summed E-state index contributed by atoms with van der Waals surface area (Å²) in [7, 11) is 0. The number of nitro groups is 1. The van der Waals surface area contributed by atoms with Gasteiger partial charge in [-0.2, -0.15) is 0 Å². The van der Waals surface area contributed by atoms with Crippen LogP contribution in [0.5, 0.6) is 0 Å². The molecule has 4 aromatic rings. The van der Waals surface area contributed by atoms with E-state index in [9.17, 15) is 10.1 Å². The number of rotatable bonds is 5. The van der Waals surface area contributed by atoms with E-state index < -0.39 is 4.92 Å². The number of hydrogen-bond acceptors (Lipinski definition) is 5. The topological polar surface area (TPSA) is 68.9 Å². The molecule has 27 heavy (non-hydrogen) atoms. The van der Waals surface area contributed by atoms with E-state index >= 15 is 0 Å². The molecule has 0 amide bonds. The molecule has 0 bridgehead atoms. The first-order valence-corrected chi connectivity index (χ1v) is 9.37. The van der Waals surface area contributed by atoms with E-state index in [4.69, 9.17) is 0 Å². The minimum absolute atomic E-state index is 0.100. The summed E-state index contributed by atoms with van der Waals surface area (Å²) < 4.78 is 0. The van der Waals surface area contributed by atoms with Gasteiger partial charge in [0.15, 0.2) is 0 Å². The quantitative estimate of drug-likeness (QED) is 0.262. The summed E-state index contributed by atoms with van der Waals surface area (Å²) in [4.78, 5) is 10.3. The second-order valence-electron chi connectivity index (χ2n) is 6.03. The van der Waals surface area contributed by atoms with Crippen LogP contribution in [0, 0.1) is 10.1 Å². The largest absolute Gasteiger partial charge is 0.269 e. The minimum atomic E-state index is -0.395. The number of fused-ring (bicyclic) bond motifs is 1. The number of non-ortho nitro benzene ring substituents is 1. The Hall–Kier alpha value is -3.25. The summed E-state index contributed by atoms with van der Waals surface area (Å²) in [6, 6.07) is 25.0. The zero-order chi connectivity index (χ0) is 18.6. The molecule has 3 aromatic carbocycles. The highest BCUT2D eigenvalue weighted by molar-refractivity contribution is 7.98. The number of benzene rings is 3. The average molecular weight is 373 g/mol. The van der Waals surface area contributed by atoms with Gasteiger partial charge < -0.3 is 0 Å². The first-order chi connectivity index (χ1) is 13.2. The molecular weight excluding hydrogens is 358 g/mol. The van der Waals surface area contributed by atoms with Crippen LogP contribution in [-0.2, 0) is 5.75 Å². The molecule has 1 aromatic heterocycles. The van der Waals surface area contributed by atoms with Gasteiger partial charge in [-0.25, -0.2) is 0 Å². The first-order valence-electron chi connectivity index (χ1n) is 8.38. The van der Waals surface area contributed by atoms with Crippen molar-refractivity contribution < 1.29 is 4.92 Å². The van der Waals surface area contributed by atoms with Crippen LogP contribution < -0.4 is 0 Å². The molecule has 5 nitrogen and oxygen atoms in total. The van der Waals surface area contributed by atoms with Crippen molar-refractivity contribution in [2.24, 2.45) is 0 Å². The van der Waals surface area contributed by atoms with Crippen molar-refractivity contribution in [3.8, 4) is 11.3 Å². The van der Waals surface area contributed by atoms with E-state index in [0.717, 1.165) is 21.8 Å². The van der Waals surface area contributed by atoms with Gasteiger partial charge in [-0.1, -0.05) is 60.3 Å². The minimum Gasteiger partial charge on any atom is -0.258 e. The molecule has 0 atom stereocenters. The van der Waals surface area contributed by atoms with Crippen molar-refractivity contribution in [3.63, 3.8) is 0 Å². The molecule has 0 aliphatic rings. The van der Waals surface area contributed by atoms with Crippen molar-refractivity contribution in [1.82, 2.24) is 10.2 Å². The number of aromatic nitrogens is 2. The molecule has 4 rings (SSSR count). The Morgan fingerprint density at radius 2 is 1.63 bits per heavy atom. The van der Waals surface area contributed by atoms with Crippen LogP contribution in [0.25, 0.3) is 22.0 Å². The molecule has 0 N–H and O–H groups in total. The van der Waals surface area contributed by atoms with Crippen LogP contribution in [0.4, 0.5) is 5.69 Å². The molecule has 0 aliphatic heterocycles. The zero-order valence-electron chi connectivity index (χ0n) is 14.3. The van der Waals surface area contributed by atoms with Crippen molar-refractivity contribution in [2.75, 3.05) is 0 Å². The summed E-state index contributed by atoms with van der Waals surface area (Å²) in [6.45, 7) is 0. The third-order valence-corrected chi connectivity index (χ3v) is 5.21. The summed E-state index contributed by atoms with van der Waals surface area (Å²) in [5, 5.41) is 22.5. The maximum Gasteiger partial charge on any atom is 0.269 e. The fourth-order valence-electron chi connectivity index (χ4n) is 2.77. The molecule has 0 spiro atoms. The molecule has 0 fully saturated rings. The van der Waals surface area contributed by atoms with Crippen molar-refractivity contribution in [2.45, 2.75) is 10.8 Å². The summed E-state index contributed by atoms with van der Waals surface area (Å²) in [5.74, 6) is 0.683. The van der Waals surface area contributed by atoms with Gasteiger partial charge >= 0.3 is 0 Å². The highest BCUT2D eigenvalue weighted by Gasteiger charge is 2.06. The molecule has 6 heteroatoms. The normalized spacial score (nSPS) is 10.8. The van der Waals surface area contributed by atoms with E-state index in [2.05, 4.69) is 40.5 Å². The third kappa shape index (κ3) is 3.96. The predicted molar refractivity (Wildman–Crippen MR) is 108 cm³/mol. The Morgan fingerprint density at radius 3 is 2.33 bits per heavy atom. The van der Waals surface area contributed by atoms with Crippen LogP contribution in [-0.4, -0.2) is 15.1 Å². The van der Waals surface area contributed by atoms with Crippen molar-refractivity contribution in [3.05, 3.63) is 94.5 Å². The number of thioether (sulfide) groups is 1. The monoisotopic (exact) mass is 373 g/mol. The van der Waals surface area contributed by atoms with E-state index in [-0.39, 0.29) is 5.69 Å². The molecule has 0 unspecified atom stereocenters. The summed E-state index contributed by atoms with van der Waals surface area (Å²) in [5.41, 5.74) is 2.97. The van der Waals surface area contributed by atoms with E-state index in [0.29, 0.717) is 5.75 Å². The Morgan fingerprint density at radius 1 is 0.852 bits per heavy atom. The van der Waals surface area contributed by atoms with Gasteiger partial charge in [0.1, 0.15) is 5.03 Å². The lowest BCUT2D eigenvalue weighted by Gasteiger charge is -2.04. The molecule has 132 valence electrons. The van der Waals surface area contributed by atoms with E-state index in [1.54, 1.807) is 23.9 Å². The molecule has 0 aliphatic carbocycles. The lowest BCUT2D eigenvalue weighted by Crippen LogP contribution is -1.91. The fourth-order valence-corrected chi connectivity index (χ4v) is 3.54. The number of nitro benzene ring substituents is 1. The van der Waals surface area contributed by atoms with E-state index in [1.807, 2.05) is 24.3 Å². The van der Waals surface area contributed by atoms with Gasteiger partial charge in [0, 0.05) is 23.4 Å². The van der Waals surface area contributed by atoms with Crippen LogP contribution in [0.15, 0.2) is 83.9 Å². The smallest absolute Gasteiger partial charge is 0.258 e. The van der Waals surface area contributed by atoms with Crippen LogP contribution in [0.1, 0.15) is 5.56 Å². The Labute approximate surface area is 160 Å². The Balaban J connectivity index is 1.45. The van der Waals surface area contributed by atoms with Gasteiger partial charge in [-0.15, -0.1) is 10.2 Å². The number of hydrogen-bond donors (Lipinski definition) is 0.